The molecule has 21 heavy (non-hydrogen) atoms. The Hall–Kier alpha value is -2.77. The highest BCUT2D eigenvalue weighted by Crippen LogP contribution is 2.03. The number of carboxylic acids is 1. The molecule has 0 saturated carbocycles. The number of carbonyl (C=O) groups excluding carboxylic acids is 2. The smallest absolute Gasteiger partial charge is 0.331 e. The Balaban J connectivity index is 2.54. The second-order valence-corrected chi connectivity index (χ2v) is 4.34. The highest BCUT2D eigenvalue weighted by atomic mass is 16.4. The van der Waals surface area contributed by atoms with Crippen LogP contribution < -0.4 is 10.6 Å². The van der Waals surface area contributed by atoms with E-state index in [1.165, 1.54) is 20.0 Å². The molecule has 0 aliphatic heterocycles. The molecule has 1 aromatic rings. The zero-order chi connectivity index (χ0) is 16.0. The maximum Gasteiger partial charge on any atom is 0.331 e. The van der Waals surface area contributed by atoms with Gasteiger partial charge in [0.1, 0.15) is 0 Å². The lowest BCUT2D eigenvalue weighted by atomic mass is 10.1. The van der Waals surface area contributed by atoms with E-state index >= 15 is 0 Å². The van der Waals surface area contributed by atoms with Gasteiger partial charge in [-0.05, 0) is 20.8 Å². The Labute approximate surface area is 121 Å². The van der Waals surface area contributed by atoms with Gasteiger partial charge < -0.3 is 10.4 Å². The topological polar surface area (TPSA) is 121 Å². The van der Waals surface area contributed by atoms with Gasteiger partial charge in [-0.1, -0.05) is 0 Å². The van der Waals surface area contributed by atoms with Gasteiger partial charge in [0.2, 0.25) is 0 Å². The van der Waals surface area contributed by atoms with E-state index in [0.29, 0.717) is 5.69 Å². The molecule has 8 heteroatoms. The lowest BCUT2D eigenvalue weighted by Crippen LogP contribution is -2.40. The average Bonchev–Trinajstić information content (AvgIpc) is 2.44. The number of nitrogens with zero attached hydrogens (tertiary/aromatic N) is 2. The number of aryl methyl sites for hydroxylation is 1. The fourth-order valence-electron chi connectivity index (χ4n) is 1.25. The molecular formula is C13H16N4O4. The van der Waals surface area contributed by atoms with Crippen LogP contribution in [-0.2, 0) is 16.1 Å². The van der Waals surface area contributed by atoms with Crippen molar-refractivity contribution in [3.05, 3.63) is 34.9 Å². The van der Waals surface area contributed by atoms with E-state index in [9.17, 15) is 14.4 Å². The lowest BCUT2D eigenvalue weighted by molar-refractivity contribution is -0.133. The van der Waals surface area contributed by atoms with Gasteiger partial charge in [-0.2, -0.15) is 0 Å². The van der Waals surface area contributed by atoms with Crippen molar-refractivity contribution in [2.45, 2.75) is 27.3 Å². The second-order valence-electron chi connectivity index (χ2n) is 4.34. The fraction of sp³-hybridized carbons (Fsp3) is 0.308. The first kappa shape index (κ1) is 16.3. The molecule has 0 saturated heterocycles. The van der Waals surface area contributed by atoms with Gasteiger partial charge in [0.05, 0.1) is 24.1 Å². The summed E-state index contributed by atoms with van der Waals surface area (Å²) in [5.41, 5.74) is 1.14. The van der Waals surface area contributed by atoms with Gasteiger partial charge in [-0.15, -0.1) is 0 Å². The second kappa shape index (κ2) is 7.13. The van der Waals surface area contributed by atoms with Crippen LogP contribution in [-0.4, -0.2) is 33.0 Å². The minimum atomic E-state index is -1.21. The number of imide groups is 1. The number of aromatic nitrogens is 2. The normalized spacial score (nSPS) is 11.4. The predicted octanol–water partition coefficient (Wildman–Crippen LogP) is 0.532. The monoisotopic (exact) mass is 292 g/mol. The number of hydrogen-bond donors (Lipinski definition) is 3. The SMILES string of the molecule is CC(C(=O)O)=C(C)C(=O)NC(=O)NCc1cnc(C)cn1. The molecule has 0 atom stereocenters. The Bertz CT molecular complexity index is 593. The maximum absolute atomic E-state index is 11.6. The Morgan fingerprint density at radius 3 is 2.33 bits per heavy atom. The van der Waals surface area contributed by atoms with Crippen LogP contribution in [0, 0.1) is 6.92 Å². The van der Waals surface area contributed by atoms with E-state index in [1.807, 2.05) is 5.32 Å². The van der Waals surface area contributed by atoms with Crippen LogP contribution in [0.2, 0.25) is 0 Å². The van der Waals surface area contributed by atoms with E-state index < -0.39 is 17.9 Å². The van der Waals surface area contributed by atoms with E-state index in [4.69, 9.17) is 5.11 Å². The average molecular weight is 292 g/mol. The molecule has 8 nitrogen and oxygen atoms in total. The first-order chi connectivity index (χ1) is 9.81. The van der Waals surface area contributed by atoms with Gasteiger partial charge in [0, 0.05) is 17.3 Å². The molecule has 0 fully saturated rings. The Morgan fingerprint density at radius 1 is 1.14 bits per heavy atom. The summed E-state index contributed by atoms with van der Waals surface area (Å²) in [4.78, 5) is 41.9. The fourth-order valence-corrected chi connectivity index (χ4v) is 1.25. The van der Waals surface area contributed by atoms with Gasteiger partial charge in [-0.25, -0.2) is 9.59 Å². The first-order valence-electron chi connectivity index (χ1n) is 6.08. The minimum Gasteiger partial charge on any atom is -0.478 e. The molecule has 0 aromatic carbocycles. The number of aliphatic carboxylic acids is 1. The molecule has 3 N–H and O–H groups in total. The quantitative estimate of drug-likeness (QED) is 0.696. The molecule has 0 spiro atoms. The van der Waals surface area contributed by atoms with E-state index in [-0.39, 0.29) is 17.7 Å². The number of hydrogen-bond acceptors (Lipinski definition) is 5. The largest absolute Gasteiger partial charge is 0.478 e. The number of carbonyl (C=O) groups is 3. The van der Waals surface area contributed by atoms with Crippen LogP contribution >= 0.6 is 0 Å². The predicted molar refractivity (Wildman–Crippen MR) is 73.2 cm³/mol. The number of amides is 3. The first-order valence-corrected chi connectivity index (χ1v) is 6.08. The maximum atomic E-state index is 11.6. The van der Waals surface area contributed by atoms with Crippen molar-refractivity contribution in [1.82, 2.24) is 20.6 Å². The van der Waals surface area contributed by atoms with Crippen LogP contribution in [0.25, 0.3) is 0 Å². The van der Waals surface area contributed by atoms with Crippen molar-refractivity contribution < 1.29 is 19.5 Å². The highest BCUT2D eigenvalue weighted by molar-refractivity contribution is 6.07. The molecule has 3 amide bonds. The van der Waals surface area contributed by atoms with Gasteiger partial charge in [0.25, 0.3) is 5.91 Å². The molecule has 0 radical (unpaired) electrons. The molecule has 0 unspecified atom stereocenters. The minimum absolute atomic E-state index is 0.0345. The van der Waals surface area contributed by atoms with Crippen molar-refractivity contribution in [2.75, 3.05) is 0 Å². The summed E-state index contributed by atoms with van der Waals surface area (Å²) in [6, 6.07) is -0.736. The molecule has 1 rings (SSSR count). The molecule has 112 valence electrons. The van der Waals surface area contributed by atoms with Crippen LogP contribution in [0.3, 0.4) is 0 Å². The summed E-state index contributed by atoms with van der Waals surface area (Å²) in [6.45, 7) is 4.51. The Morgan fingerprint density at radius 2 is 1.81 bits per heavy atom. The van der Waals surface area contributed by atoms with Crippen molar-refractivity contribution in [2.24, 2.45) is 0 Å². The van der Waals surface area contributed by atoms with Crippen molar-refractivity contribution in [1.29, 1.82) is 0 Å². The summed E-state index contributed by atoms with van der Waals surface area (Å²) in [5.74, 6) is -1.97. The summed E-state index contributed by atoms with van der Waals surface area (Å²) in [7, 11) is 0. The summed E-state index contributed by atoms with van der Waals surface area (Å²) in [6.07, 6.45) is 3.07. The van der Waals surface area contributed by atoms with Crippen LogP contribution in [0.15, 0.2) is 23.5 Å². The third-order valence-corrected chi connectivity index (χ3v) is 2.72. The van der Waals surface area contributed by atoms with Gasteiger partial charge in [-0.3, -0.25) is 20.1 Å². The molecule has 0 aliphatic rings. The molecule has 0 bridgehead atoms. The van der Waals surface area contributed by atoms with Gasteiger partial charge >= 0.3 is 12.0 Å². The van der Waals surface area contributed by atoms with Crippen LogP contribution in [0.5, 0.6) is 0 Å². The summed E-state index contributed by atoms with van der Waals surface area (Å²) >= 11 is 0. The molecule has 1 heterocycles. The number of rotatable bonds is 4. The van der Waals surface area contributed by atoms with Gasteiger partial charge in [0.15, 0.2) is 0 Å². The number of carboxylic acid groups (broad SMARTS) is 1. The number of nitrogens with one attached hydrogen (secondary N) is 2. The van der Waals surface area contributed by atoms with Crippen LogP contribution in [0.1, 0.15) is 25.2 Å². The lowest BCUT2D eigenvalue weighted by Gasteiger charge is -2.07. The summed E-state index contributed by atoms with van der Waals surface area (Å²) < 4.78 is 0. The van der Waals surface area contributed by atoms with Crippen molar-refractivity contribution in [3.63, 3.8) is 0 Å². The van der Waals surface area contributed by atoms with E-state index in [1.54, 1.807) is 13.1 Å². The summed E-state index contributed by atoms with van der Waals surface area (Å²) in [5, 5.41) is 13.2. The Kier molecular flexibility index (Phi) is 5.53. The van der Waals surface area contributed by atoms with E-state index in [0.717, 1.165) is 5.69 Å². The molecular weight excluding hydrogens is 276 g/mol. The van der Waals surface area contributed by atoms with Crippen molar-refractivity contribution in [3.8, 4) is 0 Å². The zero-order valence-electron chi connectivity index (χ0n) is 11.9. The molecule has 0 aliphatic carbocycles. The zero-order valence-corrected chi connectivity index (χ0v) is 11.9. The highest BCUT2D eigenvalue weighted by Gasteiger charge is 2.15. The molecule has 1 aromatic heterocycles. The van der Waals surface area contributed by atoms with Crippen molar-refractivity contribution >= 4 is 17.9 Å². The number of urea groups is 1. The third kappa shape index (κ3) is 5.01. The van der Waals surface area contributed by atoms with E-state index in [2.05, 4.69) is 15.3 Å². The van der Waals surface area contributed by atoms with Crippen LogP contribution in [0.4, 0.5) is 4.79 Å². The third-order valence-electron chi connectivity index (χ3n) is 2.72. The standard InChI is InChI=1S/C13H16N4O4/c1-7-4-15-10(5-14-7)6-16-13(21)17-11(18)8(2)9(3)12(19)20/h4-5H,6H2,1-3H3,(H,19,20)(H2,16,17,18,21).